The fourth-order valence-corrected chi connectivity index (χ4v) is 2.33. The summed E-state index contributed by atoms with van der Waals surface area (Å²) in [5, 5.41) is 2.75. The maximum absolute atomic E-state index is 13.3. The molecule has 1 aromatic carbocycles. The number of carbonyl (C=O) groups excluding carboxylic acids is 1. The van der Waals surface area contributed by atoms with Crippen molar-refractivity contribution in [3.05, 3.63) is 35.4 Å². The minimum atomic E-state index is -0.925. The number of hydrogen-bond donors (Lipinski definition) is 1. The number of nitrogens with one attached hydrogen (secondary N) is 1. The molecule has 1 N–H and O–H groups in total. The van der Waals surface area contributed by atoms with Crippen LogP contribution in [0.25, 0.3) is 0 Å². The smallest absolute Gasteiger partial charge is 0.317 e. The highest BCUT2D eigenvalue weighted by Crippen LogP contribution is 2.23. The predicted octanol–water partition coefficient (Wildman–Crippen LogP) is 1.71. The first kappa shape index (κ1) is 18.6. The molecule has 0 radical (unpaired) electrons. The monoisotopic (exact) mass is 344 g/mol. The van der Waals surface area contributed by atoms with Crippen LogP contribution in [0.5, 0.6) is 0 Å². The van der Waals surface area contributed by atoms with Crippen molar-refractivity contribution in [1.29, 1.82) is 0 Å². The van der Waals surface area contributed by atoms with Gasteiger partial charge in [0.05, 0.1) is 33.0 Å². The molecule has 0 spiro atoms. The molecular weight excluding hydrogens is 322 g/mol. The third-order valence-electron chi connectivity index (χ3n) is 3.62. The minimum Gasteiger partial charge on any atom is -0.382 e. The van der Waals surface area contributed by atoms with Gasteiger partial charge in [-0.1, -0.05) is 6.07 Å². The molecular formula is C16H22F2N2O4. The summed E-state index contributed by atoms with van der Waals surface area (Å²) < 4.78 is 42.0. The van der Waals surface area contributed by atoms with Crippen LogP contribution in [0.15, 0.2) is 18.2 Å². The standard InChI is InChI=1S/C16H22F2N2O4/c1-22-8-9-23-6-4-19-16(21)20-5-7-24-15(11-20)12-2-3-13(17)14(18)10-12/h2-3,10,15H,4-9,11H2,1H3,(H,19,21)/t15-/m0/s1. The van der Waals surface area contributed by atoms with Crippen molar-refractivity contribution in [2.45, 2.75) is 6.10 Å². The molecule has 1 saturated heterocycles. The van der Waals surface area contributed by atoms with Gasteiger partial charge in [0.15, 0.2) is 11.6 Å². The average Bonchev–Trinajstić information content (AvgIpc) is 2.60. The van der Waals surface area contributed by atoms with Crippen LogP contribution in [-0.2, 0) is 14.2 Å². The Morgan fingerprint density at radius 3 is 2.92 bits per heavy atom. The van der Waals surface area contributed by atoms with E-state index in [2.05, 4.69) is 5.32 Å². The van der Waals surface area contributed by atoms with Crippen LogP contribution in [0, 0.1) is 11.6 Å². The number of morpholine rings is 1. The van der Waals surface area contributed by atoms with Gasteiger partial charge in [0, 0.05) is 20.2 Å². The number of nitrogens with zero attached hydrogens (tertiary/aromatic N) is 1. The highest BCUT2D eigenvalue weighted by molar-refractivity contribution is 5.74. The highest BCUT2D eigenvalue weighted by atomic mass is 19.2. The minimum absolute atomic E-state index is 0.235. The molecule has 1 aliphatic heterocycles. The first-order valence-electron chi connectivity index (χ1n) is 7.78. The molecule has 0 aliphatic carbocycles. The van der Waals surface area contributed by atoms with Gasteiger partial charge in [-0.05, 0) is 17.7 Å². The molecule has 1 heterocycles. The zero-order valence-corrected chi connectivity index (χ0v) is 13.6. The Labute approximate surface area is 139 Å². The number of methoxy groups -OCH3 is 1. The number of urea groups is 1. The van der Waals surface area contributed by atoms with Crippen molar-refractivity contribution >= 4 is 6.03 Å². The zero-order chi connectivity index (χ0) is 17.4. The Morgan fingerprint density at radius 1 is 1.33 bits per heavy atom. The second-order valence-corrected chi connectivity index (χ2v) is 5.32. The molecule has 0 saturated carbocycles. The molecule has 0 aromatic heterocycles. The summed E-state index contributed by atoms with van der Waals surface area (Å²) in [6.45, 7) is 2.82. The van der Waals surface area contributed by atoms with Crippen molar-refractivity contribution in [2.75, 3.05) is 53.2 Å². The number of carbonyl (C=O) groups is 1. The summed E-state index contributed by atoms with van der Waals surface area (Å²) in [5.74, 6) is -1.83. The first-order valence-corrected chi connectivity index (χ1v) is 7.78. The molecule has 6 nitrogen and oxygen atoms in total. The molecule has 24 heavy (non-hydrogen) atoms. The Hall–Kier alpha value is -1.77. The first-order chi connectivity index (χ1) is 11.6. The second kappa shape index (κ2) is 9.51. The lowest BCUT2D eigenvalue weighted by Gasteiger charge is -2.33. The average molecular weight is 344 g/mol. The van der Waals surface area contributed by atoms with Gasteiger partial charge in [-0.3, -0.25) is 0 Å². The van der Waals surface area contributed by atoms with E-state index in [0.717, 1.165) is 12.1 Å². The Bertz CT molecular complexity index is 545. The molecule has 1 atom stereocenters. The van der Waals surface area contributed by atoms with E-state index in [1.807, 2.05) is 0 Å². The van der Waals surface area contributed by atoms with E-state index in [1.54, 1.807) is 12.0 Å². The summed E-state index contributed by atoms with van der Waals surface area (Å²) >= 11 is 0. The van der Waals surface area contributed by atoms with Gasteiger partial charge in [-0.15, -0.1) is 0 Å². The Balaban J connectivity index is 1.79. The van der Waals surface area contributed by atoms with Crippen LogP contribution >= 0.6 is 0 Å². The van der Waals surface area contributed by atoms with Gasteiger partial charge in [0.2, 0.25) is 0 Å². The van der Waals surface area contributed by atoms with E-state index in [4.69, 9.17) is 14.2 Å². The summed E-state index contributed by atoms with van der Waals surface area (Å²) in [4.78, 5) is 13.7. The van der Waals surface area contributed by atoms with Crippen LogP contribution in [0.2, 0.25) is 0 Å². The molecule has 134 valence electrons. The Kier molecular flexibility index (Phi) is 7.36. The maximum atomic E-state index is 13.3. The van der Waals surface area contributed by atoms with Crippen LogP contribution in [0.3, 0.4) is 0 Å². The van der Waals surface area contributed by atoms with Gasteiger partial charge < -0.3 is 24.4 Å². The predicted molar refractivity (Wildman–Crippen MR) is 82.7 cm³/mol. The number of hydrogen-bond acceptors (Lipinski definition) is 4. The zero-order valence-electron chi connectivity index (χ0n) is 13.6. The molecule has 1 aliphatic rings. The SMILES string of the molecule is COCCOCCNC(=O)N1CCO[C@H](c2ccc(F)c(F)c2)C1. The number of halogens is 2. The van der Waals surface area contributed by atoms with E-state index < -0.39 is 17.7 Å². The second-order valence-electron chi connectivity index (χ2n) is 5.32. The molecule has 2 amide bonds. The fourth-order valence-electron chi connectivity index (χ4n) is 2.33. The molecule has 1 fully saturated rings. The number of ether oxygens (including phenoxy) is 3. The molecule has 8 heteroatoms. The summed E-state index contributed by atoms with van der Waals surface area (Å²) in [6.07, 6.45) is -0.474. The van der Waals surface area contributed by atoms with Crippen LogP contribution in [0.1, 0.15) is 11.7 Å². The third-order valence-corrected chi connectivity index (χ3v) is 3.62. The van der Waals surface area contributed by atoms with Gasteiger partial charge in [-0.2, -0.15) is 0 Å². The van der Waals surface area contributed by atoms with Gasteiger partial charge in [0.1, 0.15) is 6.10 Å². The van der Waals surface area contributed by atoms with Crippen molar-refractivity contribution in [1.82, 2.24) is 10.2 Å². The van der Waals surface area contributed by atoms with Crippen molar-refractivity contribution in [3.8, 4) is 0 Å². The molecule has 0 unspecified atom stereocenters. The molecule has 1 aromatic rings. The van der Waals surface area contributed by atoms with Crippen LogP contribution in [-0.4, -0.2) is 64.1 Å². The van der Waals surface area contributed by atoms with E-state index in [9.17, 15) is 13.6 Å². The maximum Gasteiger partial charge on any atom is 0.317 e. The number of rotatable bonds is 7. The largest absolute Gasteiger partial charge is 0.382 e. The summed E-state index contributed by atoms with van der Waals surface area (Å²) in [6, 6.07) is 3.39. The summed E-state index contributed by atoms with van der Waals surface area (Å²) in [5.41, 5.74) is 0.509. The highest BCUT2D eigenvalue weighted by Gasteiger charge is 2.25. The number of amides is 2. The lowest BCUT2D eigenvalue weighted by Crippen LogP contribution is -2.47. The van der Waals surface area contributed by atoms with E-state index in [-0.39, 0.29) is 12.6 Å². The van der Waals surface area contributed by atoms with Gasteiger partial charge >= 0.3 is 6.03 Å². The van der Waals surface area contributed by atoms with E-state index >= 15 is 0 Å². The van der Waals surface area contributed by atoms with Crippen molar-refractivity contribution in [3.63, 3.8) is 0 Å². The fraction of sp³-hybridized carbons (Fsp3) is 0.562. The van der Waals surface area contributed by atoms with Crippen molar-refractivity contribution in [2.24, 2.45) is 0 Å². The normalized spacial score (nSPS) is 17.8. The molecule has 2 rings (SSSR count). The lowest BCUT2D eigenvalue weighted by molar-refractivity contribution is -0.0158. The van der Waals surface area contributed by atoms with Gasteiger partial charge in [-0.25, -0.2) is 13.6 Å². The van der Waals surface area contributed by atoms with Gasteiger partial charge in [0.25, 0.3) is 0 Å². The van der Waals surface area contributed by atoms with E-state index in [1.165, 1.54) is 6.07 Å². The number of benzene rings is 1. The molecule has 0 bridgehead atoms. The Morgan fingerprint density at radius 2 is 2.17 bits per heavy atom. The topological polar surface area (TPSA) is 60.0 Å². The quantitative estimate of drug-likeness (QED) is 0.765. The van der Waals surface area contributed by atoms with Crippen LogP contribution < -0.4 is 5.32 Å². The van der Waals surface area contributed by atoms with Crippen molar-refractivity contribution < 1.29 is 27.8 Å². The van der Waals surface area contributed by atoms with Crippen LogP contribution in [0.4, 0.5) is 13.6 Å². The van der Waals surface area contributed by atoms with E-state index in [0.29, 0.717) is 45.1 Å². The third kappa shape index (κ3) is 5.40. The summed E-state index contributed by atoms with van der Waals surface area (Å²) in [7, 11) is 1.59. The lowest BCUT2D eigenvalue weighted by atomic mass is 10.1.